The first-order valence-corrected chi connectivity index (χ1v) is 7.09. The molecule has 5 nitrogen and oxygen atoms in total. The number of nitrogens with zero attached hydrogens (tertiary/aromatic N) is 3. The van der Waals surface area contributed by atoms with E-state index < -0.39 is 0 Å². The standard InChI is InChI=1S/C15H23N5.HI/c1-3-8-17-15(16-2)19-12-13-6-7-14(18-11-13)20-9-4-5-10-20;/h3,6-7,11H,1,4-5,8-10,12H2,2H3,(H2,16,17,19);1H. The van der Waals surface area contributed by atoms with Crippen LogP contribution in [0.4, 0.5) is 5.82 Å². The number of anilines is 1. The first-order valence-electron chi connectivity index (χ1n) is 7.09. The van der Waals surface area contributed by atoms with E-state index in [-0.39, 0.29) is 24.0 Å². The van der Waals surface area contributed by atoms with Crippen LogP contribution < -0.4 is 15.5 Å². The fourth-order valence-corrected chi connectivity index (χ4v) is 2.23. The van der Waals surface area contributed by atoms with Crippen LogP contribution in [0.3, 0.4) is 0 Å². The number of nitrogens with one attached hydrogen (secondary N) is 2. The van der Waals surface area contributed by atoms with Crippen molar-refractivity contribution < 1.29 is 0 Å². The van der Waals surface area contributed by atoms with Crippen molar-refractivity contribution in [3.05, 3.63) is 36.5 Å². The minimum absolute atomic E-state index is 0. The summed E-state index contributed by atoms with van der Waals surface area (Å²) in [5, 5.41) is 6.38. The molecule has 0 radical (unpaired) electrons. The minimum Gasteiger partial charge on any atom is -0.357 e. The Labute approximate surface area is 144 Å². The summed E-state index contributed by atoms with van der Waals surface area (Å²) < 4.78 is 0. The third-order valence-corrected chi connectivity index (χ3v) is 3.34. The normalized spacial score (nSPS) is 14.5. The predicted octanol–water partition coefficient (Wildman–Crippen LogP) is 2.15. The first-order chi connectivity index (χ1) is 9.83. The molecule has 0 spiro atoms. The van der Waals surface area contributed by atoms with Gasteiger partial charge in [0, 0.05) is 39.4 Å². The van der Waals surface area contributed by atoms with Gasteiger partial charge in [0.25, 0.3) is 0 Å². The molecule has 0 aliphatic carbocycles. The Morgan fingerprint density at radius 2 is 2.14 bits per heavy atom. The van der Waals surface area contributed by atoms with Crippen LogP contribution in [0.25, 0.3) is 0 Å². The summed E-state index contributed by atoms with van der Waals surface area (Å²) in [5.74, 6) is 1.86. The third kappa shape index (κ3) is 5.53. The molecule has 6 heteroatoms. The molecule has 2 rings (SSSR count). The monoisotopic (exact) mass is 401 g/mol. The van der Waals surface area contributed by atoms with Crippen LogP contribution in [0.2, 0.25) is 0 Å². The highest BCUT2D eigenvalue weighted by Crippen LogP contribution is 2.17. The number of halogens is 1. The number of hydrogen-bond acceptors (Lipinski definition) is 3. The fraction of sp³-hybridized carbons (Fsp3) is 0.467. The molecule has 0 bridgehead atoms. The van der Waals surface area contributed by atoms with Crippen molar-refractivity contribution >= 4 is 35.8 Å². The van der Waals surface area contributed by atoms with E-state index in [1.54, 1.807) is 13.1 Å². The van der Waals surface area contributed by atoms with E-state index in [0.29, 0.717) is 13.1 Å². The van der Waals surface area contributed by atoms with Gasteiger partial charge >= 0.3 is 0 Å². The Kier molecular flexibility index (Phi) is 8.11. The van der Waals surface area contributed by atoms with Crippen molar-refractivity contribution in [2.45, 2.75) is 19.4 Å². The molecule has 116 valence electrons. The highest BCUT2D eigenvalue weighted by molar-refractivity contribution is 14.0. The zero-order valence-electron chi connectivity index (χ0n) is 12.5. The van der Waals surface area contributed by atoms with Crippen LogP contribution >= 0.6 is 24.0 Å². The maximum absolute atomic E-state index is 4.54. The minimum atomic E-state index is 0. The molecule has 21 heavy (non-hydrogen) atoms. The van der Waals surface area contributed by atoms with Gasteiger partial charge in [-0.25, -0.2) is 4.98 Å². The van der Waals surface area contributed by atoms with Crippen molar-refractivity contribution in [2.24, 2.45) is 4.99 Å². The summed E-state index contributed by atoms with van der Waals surface area (Å²) in [6, 6.07) is 4.22. The molecule has 0 aromatic carbocycles. The second kappa shape index (κ2) is 9.59. The lowest BCUT2D eigenvalue weighted by molar-refractivity contribution is 0.840. The smallest absolute Gasteiger partial charge is 0.191 e. The van der Waals surface area contributed by atoms with Crippen molar-refractivity contribution in [3.63, 3.8) is 0 Å². The molecule has 0 atom stereocenters. The van der Waals surface area contributed by atoms with Crippen molar-refractivity contribution in [1.29, 1.82) is 0 Å². The maximum atomic E-state index is 4.54. The zero-order chi connectivity index (χ0) is 14.2. The van der Waals surface area contributed by atoms with Gasteiger partial charge in [0.1, 0.15) is 5.82 Å². The summed E-state index contributed by atoms with van der Waals surface area (Å²) in [7, 11) is 1.76. The second-order valence-electron chi connectivity index (χ2n) is 4.81. The van der Waals surface area contributed by atoms with E-state index in [4.69, 9.17) is 0 Å². The van der Waals surface area contributed by atoms with Crippen molar-refractivity contribution in [1.82, 2.24) is 15.6 Å². The Morgan fingerprint density at radius 1 is 1.38 bits per heavy atom. The van der Waals surface area contributed by atoms with Crippen LogP contribution in [-0.2, 0) is 6.54 Å². The van der Waals surface area contributed by atoms with Gasteiger partial charge in [0.15, 0.2) is 5.96 Å². The summed E-state index contributed by atoms with van der Waals surface area (Å²) in [5.41, 5.74) is 1.15. The van der Waals surface area contributed by atoms with Gasteiger partial charge in [-0.05, 0) is 24.5 Å². The van der Waals surface area contributed by atoms with E-state index in [2.05, 4.69) is 44.2 Å². The van der Waals surface area contributed by atoms with E-state index in [1.165, 1.54) is 12.8 Å². The van der Waals surface area contributed by atoms with Gasteiger partial charge in [-0.1, -0.05) is 12.1 Å². The number of rotatable bonds is 5. The summed E-state index contributed by atoms with van der Waals surface area (Å²) >= 11 is 0. The number of hydrogen-bond donors (Lipinski definition) is 2. The van der Waals surface area contributed by atoms with Crippen LogP contribution in [-0.4, -0.2) is 37.6 Å². The lowest BCUT2D eigenvalue weighted by Crippen LogP contribution is -2.36. The molecular formula is C15H24IN5. The summed E-state index contributed by atoms with van der Waals surface area (Å²) in [4.78, 5) is 11.0. The molecule has 0 unspecified atom stereocenters. The Morgan fingerprint density at radius 3 is 2.71 bits per heavy atom. The average molecular weight is 401 g/mol. The van der Waals surface area contributed by atoms with Crippen molar-refractivity contribution in [3.8, 4) is 0 Å². The highest BCUT2D eigenvalue weighted by atomic mass is 127. The molecule has 1 fully saturated rings. The van der Waals surface area contributed by atoms with Crippen molar-refractivity contribution in [2.75, 3.05) is 31.6 Å². The van der Waals surface area contributed by atoms with E-state index in [0.717, 1.165) is 30.4 Å². The SMILES string of the molecule is C=CCNC(=NC)NCc1ccc(N2CCCC2)nc1.I. The van der Waals surface area contributed by atoms with Gasteiger partial charge in [-0.2, -0.15) is 0 Å². The molecule has 2 heterocycles. The molecule has 1 aliphatic rings. The number of pyridine rings is 1. The lowest BCUT2D eigenvalue weighted by atomic mass is 10.3. The number of aliphatic imine (C=N–C) groups is 1. The first kappa shape index (κ1) is 17.7. The van der Waals surface area contributed by atoms with Gasteiger partial charge in [0.2, 0.25) is 0 Å². The molecule has 0 saturated carbocycles. The maximum Gasteiger partial charge on any atom is 0.191 e. The van der Waals surface area contributed by atoms with Gasteiger partial charge in [0.05, 0.1) is 0 Å². The molecule has 2 N–H and O–H groups in total. The molecular weight excluding hydrogens is 377 g/mol. The van der Waals surface area contributed by atoms with Gasteiger partial charge < -0.3 is 15.5 Å². The van der Waals surface area contributed by atoms with E-state index >= 15 is 0 Å². The summed E-state index contributed by atoms with van der Waals surface area (Å²) in [6.07, 6.45) is 6.28. The summed E-state index contributed by atoms with van der Waals surface area (Å²) in [6.45, 7) is 7.34. The van der Waals surface area contributed by atoms with Gasteiger partial charge in [-0.3, -0.25) is 4.99 Å². The lowest BCUT2D eigenvalue weighted by Gasteiger charge is -2.16. The van der Waals surface area contributed by atoms with Crippen LogP contribution in [0.15, 0.2) is 36.0 Å². The Bertz CT molecular complexity index is 452. The topological polar surface area (TPSA) is 52.6 Å². The molecule has 1 aliphatic heterocycles. The Hall–Kier alpha value is -1.31. The third-order valence-electron chi connectivity index (χ3n) is 3.34. The van der Waals surface area contributed by atoms with E-state index in [9.17, 15) is 0 Å². The average Bonchev–Trinajstić information content (AvgIpc) is 3.02. The largest absolute Gasteiger partial charge is 0.357 e. The zero-order valence-corrected chi connectivity index (χ0v) is 14.8. The number of guanidine groups is 1. The Balaban J connectivity index is 0.00000220. The predicted molar refractivity (Wildman–Crippen MR) is 99.5 cm³/mol. The fourth-order valence-electron chi connectivity index (χ4n) is 2.23. The molecule has 1 aromatic rings. The van der Waals surface area contributed by atoms with Crippen LogP contribution in [0, 0.1) is 0 Å². The molecule has 1 aromatic heterocycles. The van der Waals surface area contributed by atoms with Crippen LogP contribution in [0.5, 0.6) is 0 Å². The molecule has 1 saturated heterocycles. The second-order valence-corrected chi connectivity index (χ2v) is 4.81. The molecule has 0 amide bonds. The number of aromatic nitrogens is 1. The quantitative estimate of drug-likeness (QED) is 0.344. The van der Waals surface area contributed by atoms with E-state index in [1.807, 2.05) is 6.20 Å². The van der Waals surface area contributed by atoms with Crippen LogP contribution in [0.1, 0.15) is 18.4 Å². The highest BCUT2D eigenvalue weighted by Gasteiger charge is 2.12. The van der Waals surface area contributed by atoms with Gasteiger partial charge in [-0.15, -0.1) is 30.6 Å².